The van der Waals surface area contributed by atoms with Crippen LogP contribution in [0.2, 0.25) is 5.02 Å². The quantitative estimate of drug-likeness (QED) is 0.746. The zero-order valence-corrected chi connectivity index (χ0v) is 10.6. The van der Waals surface area contributed by atoms with Gasteiger partial charge in [-0.05, 0) is 29.8 Å². The lowest BCUT2D eigenvalue weighted by Crippen LogP contribution is -1.89. The van der Waals surface area contributed by atoms with Crippen LogP contribution in [0.15, 0.2) is 59.5 Å². The predicted molar refractivity (Wildman–Crippen MR) is 72.1 cm³/mol. The lowest BCUT2D eigenvalue weighted by atomic mass is 10.2. The Morgan fingerprint density at radius 3 is 2.24 bits per heavy atom. The first-order valence-corrected chi connectivity index (χ1v) is 6.42. The van der Waals surface area contributed by atoms with Crippen LogP contribution in [0.25, 0.3) is 0 Å². The van der Waals surface area contributed by atoms with E-state index in [9.17, 15) is 5.26 Å². The SMILES string of the molecule is N#CC(Sc1ccccc1)c1ccc(Cl)cc1. The van der Waals surface area contributed by atoms with Gasteiger partial charge in [-0.2, -0.15) is 5.26 Å². The fourth-order valence-electron chi connectivity index (χ4n) is 1.44. The maximum Gasteiger partial charge on any atom is 0.121 e. The fraction of sp³-hybridized carbons (Fsp3) is 0.0714. The molecule has 0 aliphatic rings. The van der Waals surface area contributed by atoms with Gasteiger partial charge in [-0.3, -0.25) is 0 Å². The van der Waals surface area contributed by atoms with Gasteiger partial charge in [-0.25, -0.2) is 0 Å². The molecule has 0 aliphatic carbocycles. The zero-order valence-electron chi connectivity index (χ0n) is 9.01. The van der Waals surface area contributed by atoms with Crippen LogP contribution < -0.4 is 0 Å². The van der Waals surface area contributed by atoms with Crippen LogP contribution in [0.3, 0.4) is 0 Å². The molecule has 1 atom stereocenters. The third kappa shape index (κ3) is 3.26. The van der Waals surface area contributed by atoms with Crippen molar-refractivity contribution in [2.75, 3.05) is 0 Å². The number of rotatable bonds is 3. The monoisotopic (exact) mass is 259 g/mol. The molecule has 2 aromatic rings. The highest BCUT2D eigenvalue weighted by Crippen LogP contribution is 2.34. The molecule has 0 fully saturated rings. The van der Waals surface area contributed by atoms with E-state index in [1.165, 1.54) is 0 Å². The Morgan fingerprint density at radius 1 is 1.00 bits per heavy atom. The molecule has 0 aromatic heterocycles. The lowest BCUT2D eigenvalue weighted by Gasteiger charge is -2.09. The second-order valence-corrected chi connectivity index (χ2v) is 5.11. The van der Waals surface area contributed by atoms with Crippen molar-refractivity contribution in [3.05, 3.63) is 65.2 Å². The Labute approximate surface area is 110 Å². The van der Waals surface area contributed by atoms with Crippen molar-refractivity contribution in [3.8, 4) is 6.07 Å². The summed E-state index contributed by atoms with van der Waals surface area (Å²) in [5.74, 6) is 0. The van der Waals surface area contributed by atoms with Crippen molar-refractivity contribution in [2.24, 2.45) is 0 Å². The summed E-state index contributed by atoms with van der Waals surface area (Å²) in [6.07, 6.45) is 0. The Hall–Kier alpha value is -1.43. The topological polar surface area (TPSA) is 23.8 Å². The number of nitrogens with zero attached hydrogens (tertiary/aromatic N) is 1. The summed E-state index contributed by atoms with van der Waals surface area (Å²) in [4.78, 5) is 1.09. The minimum absolute atomic E-state index is 0.199. The van der Waals surface area contributed by atoms with E-state index < -0.39 is 0 Å². The molecule has 0 heterocycles. The Bertz CT molecular complexity index is 516. The molecule has 0 aliphatic heterocycles. The Morgan fingerprint density at radius 2 is 1.65 bits per heavy atom. The molecule has 1 nitrogen and oxygen atoms in total. The maximum absolute atomic E-state index is 9.21. The van der Waals surface area contributed by atoms with Gasteiger partial charge in [0.05, 0.1) is 6.07 Å². The molecule has 3 heteroatoms. The van der Waals surface area contributed by atoms with Gasteiger partial charge in [-0.15, -0.1) is 11.8 Å². The van der Waals surface area contributed by atoms with Gasteiger partial charge in [0.2, 0.25) is 0 Å². The third-order valence-electron chi connectivity index (χ3n) is 2.29. The fourth-order valence-corrected chi connectivity index (χ4v) is 2.50. The number of hydrogen-bond donors (Lipinski definition) is 0. The summed E-state index contributed by atoms with van der Waals surface area (Å²) >= 11 is 7.37. The molecular weight excluding hydrogens is 250 g/mol. The number of nitriles is 1. The summed E-state index contributed by atoms with van der Waals surface area (Å²) in [6, 6.07) is 19.6. The van der Waals surface area contributed by atoms with Crippen LogP contribution in [0.1, 0.15) is 10.8 Å². The average Bonchev–Trinajstić information content (AvgIpc) is 2.38. The first-order chi connectivity index (χ1) is 8.29. The van der Waals surface area contributed by atoms with E-state index in [2.05, 4.69) is 6.07 Å². The first kappa shape index (κ1) is 12.0. The Balaban J connectivity index is 2.18. The van der Waals surface area contributed by atoms with Crippen LogP contribution in [-0.2, 0) is 0 Å². The molecular formula is C14H10ClNS. The molecule has 84 valence electrons. The van der Waals surface area contributed by atoms with Gasteiger partial charge in [-0.1, -0.05) is 41.9 Å². The van der Waals surface area contributed by atoms with Crippen LogP contribution in [-0.4, -0.2) is 0 Å². The van der Waals surface area contributed by atoms with Crippen molar-refractivity contribution in [2.45, 2.75) is 10.1 Å². The second-order valence-electron chi connectivity index (χ2n) is 3.49. The van der Waals surface area contributed by atoms with Crippen LogP contribution in [0.4, 0.5) is 0 Å². The number of hydrogen-bond acceptors (Lipinski definition) is 2. The van der Waals surface area contributed by atoms with Crippen LogP contribution in [0, 0.1) is 11.3 Å². The van der Waals surface area contributed by atoms with E-state index in [-0.39, 0.29) is 5.25 Å². The summed E-state index contributed by atoms with van der Waals surface area (Å²) < 4.78 is 0. The second kappa shape index (κ2) is 5.77. The number of thioether (sulfide) groups is 1. The number of benzene rings is 2. The summed E-state index contributed by atoms with van der Waals surface area (Å²) in [7, 11) is 0. The van der Waals surface area contributed by atoms with Gasteiger partial charge >= 0.3 is 0 Å². The van der Waals surface area contributed by atoms with E-state index in [4.69, 9.17) is 11.6 Å². The highest BCUT2D eigenvalue weighted by molar-refractivity contribution is 7.99. The van der Waals surface area contributed by atoms with E-state index in [1.54, 1.807) is 11.8 Å². The summed E-state index contributed by atoms with van der Waals surface area (Å²) in [5, 5.41) is 9.70. The van der Waals surface area contributed by atoms with Gasteiger partial charge in [0.15, 0.2) is 0 Å². The van der Waals surface area contributed by atoms with E-state index in [0.717, 1.165) is 10.5 Å². The molecule has 0 spiro atoms. The minimum Gasteiger partial charge on any atom is -0.197 e. The van der Waals surface area contributed by atoms with Crippen molar-refractivity contribution >= 4 is 23.4 Å². The highest BCUT2D eigenvalue weighted by Gasteiger charge is 2.11. The van der Waals surface area contributed by atoms with Crippen molar-refractivity contribution in [3.63, 3.8) is 0 Å². The maximum atomic E-state index is 9.21. The van der Waals surface area contributed by atoms with Crippen molar-refractivity contribution in [1.29, 1.82) is 5.26 Å². The molecule has 2 rings (SSSR count). The van der Waals surface area contributed by atoms with Crippen molar-refractivity contribution in [1.82, 2.24) is 0 Å². The first-order valence-electron chi connectivity index (χ1n) is 5.16. The van der Waals surface area contributed by atoms with E-state index >= 15 is 0 Å². The normalized spacial score (nSPS) is 11.8. The van der Waals surface area contributed by atoms with E-state index in [0.29, 0.717) is 5.02 Å². The molecule has 17 heavy (non-hydrogen) atoms. The molecule has 0 radical (unpaired) electrons. The Kier molecular flexibility index (Phi) is 4.08. The van der Waals surface area contributed by atoms with Crippen molar-refractivity contribution < 1.29 is 0 Å². The zero-order chi connectivity index (χ0) is 12.1. The molecule has 1 unspecified atom stereocenters. The molecule has 0 saturated heterocycles. The van der Waals surface area contributed by atoms with Gasteiger partial charge in [0.25, 0.3) is 0 Å². The smallest absolute Gasteiger partial charge is 0.121 e. The van der Waals surface area contributed by atoms with Gasteiger partial charge in [0.1, 0.15) is 5.25 Å². The van der Waals surface area contributed by atoms with Gasteiger partial charge in [0, 0.05) is 9.92 Å². The largest absolute Gasteiger partial charge is 0.197 e. The molecule has 0 N–H and O–H groups in total. The highest BCUT2D eigenvalue weighted by atomic mass is 35.5. The predicted octanol–water partition coefficient (Wildman–Crippen LogP) is 4.70. The molecule has 0 amide bonds. The molecule has 2 aromatic carbocycles. The summed E-state index contributed by atoms with van der Waals surface area (Å²) in [5.41, 5.74) is 0.978. The average molecular weight is 260 g/mol. The van der Waals surface area contributed by atoms with Crippen LogP contribution in [0.5, 0.6) is 0 Å². The summed E-state index contributed by atoms with van der Waals surface area (Å²) in [6.45, 7) is 0. The lowest BCUT2D eigenvalue weighted by molar-refractivity contribution is 1.22. The van der Waals surface area contributed by atoms with E-state index in [1.807, 2.05) is 54.6 Å². The van der Waals surface area contributed by atoms with Crippen LogP contribution >= 0.6 is 23.4 Å². The molecule has 0 bridgehead atoms. The number of halogens is 1. The molecule has 0 saturated carbocycles. The minimum atomic E-state index is -0.199. The third-order valence-corrected chi connectivity index (χ3v) is 3.70. The van der Waals surface area contributed by atoms with Gasteiger partial charge < -0.3 is 0 Å². The standard InChI is InChI=1S/C14H10ClNS/c15-12-8-6-11(7-9-12)14(10-16)17-13-4-2-1-3-5-13/h1-9,14H.